The topological polar surface area (TPSA) is 41.6 Å². The van der Waals surface area contributed by atoms with Gasteiger partial charge in [0.05, 0.1) is 0 Å². The molecule has 0 aliphatic carbocycles. The largest absolute Gasteiger partial charge is 0.480 e. The number of ether oxygens (including phenoxy) is 1. The second-order valence-electron chi connectivity index (χ2n) is 5.22. The first kappa shape index (κ1) is 13.9. The summed E-state index contributed by atoms with van der Waals surface area (Å²) >= 11 is 0. The van der Waals surface area contributed by atoms with Gasteiger partial charge in [-0.25, -0.2) is 0 Å². The summed E-state index contributed by atoms with van der Waals surface area (Å²) in [5, 5.41) is 3.04. The molecule has 0 spiro atoms. The number of hydrogen-bond acceptors (Lipinski definition) is 3. The first-order chi connectivity index (χ1) is 9.02. The number of nitrogens with zero attached hydrogens (tertiary/aromatic N) is 1. The molecule has 0 saturated heterocycles. The summed E-state index contributed by atoms with van der Waals surface area (Å²) < 4.78 is 5.79. The maximum Gasteiger partial charge on any atom is 0.263 e. The van der Waals surface area contributed by atoms with Crippen molar-refractivity contribution < 1.29 is 9.53 Å². The van der Waals surface area contributed by atoms with E-state index in [4.69, 9.17) is 4.74 Å². The van der Waals surface area contributed by atoms with Crippen LogP contribution in [0.3, 0.4) is 0 Å². The second kappa shape index (κ2) is 5.61. The van der Waals surface area contributed by atoms with Gasteiger partial charge in [0.1, 0.15) is 5.75 Å². The Morgan fingerprint density at radius 3 is 2.79 bits per heavy atom. The lowest BCUT2D eigenvalue weighted by molar-refractivity contribution is -0.136. The van der Waals surface area contributed by atoms with E-state index in [1.807, 2.05) is 20.2 Å². The monoisotopic (exact) mass is 262 g/mol. The van der Waals surface area contributed by atoms with E-state index >= 15 is 0 Å². The summed E-state index contributed by atoms with van der Waals surface area (Å²) in [5.74, 6) is 0.922. The molecule has 1 atom stereocenters. The zero-order chi connectivity index (χ0) is 14.0. The van der Waals surface area contributed by atoms with E-state index in [9.17, 15) is 4.79 Å². The molecule has 1 aliphatic rings. The Bertz CT molecular complexity index is 454. The predicted molar refractivity (Wildman–Crippen MR) is 75.6 cm³/mol. The van der Waals surface area contributed by atoms with Crippen LogP contribution in [0.4, 0.5) is 0 Å². The van der Waals surface area contributed by atoms with Gasteiger partial charge in [-0.05, 0) is 43.7 Å². The highest BCUT2D eigenvalue weighted by Crippen LogP contribution is 2.31. The van der Waals surface area contributed by atoms with Gasteiger partial charge in [0.25, 0.3) is 5.91 Å². The summed E-state index contributed by atoms with van der Waals surface area (Å²) in [4.78, 5) is 14.0. The van der Waals surface area contributed by atoms with Crippen molar-refractivity contribution in [2.24, 2.45) is 0 Å². The van der Waals surface area contributed by atoms with E-state index < -0.39 is 0 Å². The third-order valence-corrected chi connectivity index (χ3v) is 3.70. The zero-order valence-corrected chi connectivity index (χ0v) is 12.1. The minimum atomic E-state index is -0.363. The van der Waals surface area contributed by atoms with Crippen LogP contribution >= 0.6 is 0 Å². The molecule has 104 valence electrons. The van der Waals surface area contributed by atoms with E-state index in [0.29, 0.717) is 13.0 Å². The average molecular weight is 262 g/mol. The molecular weight excluding hydrogens is 240 g/mol. The molecule has 1 aromatic rings. The molecule has 0 bridgehead atoms. The first-order valence-electron chi connectivity index (χ1n) is 6.69. The maximum absolute atomic E-state index is 12.3. The van der Waals surface area contributed by atoms with Gasteiger partial charge >= 0.3 is 0 Å². The second-order valence-corrected chi connectivity index (χ2v) is 5.22. The number of nitrogens with one attached hydrogen (secondary N) is 1. The Morgan fingerprint density at radius 2 is 2.11 bits per heavy atom. The van der Waals surface area contributed by atoms with Crippen molar-refractivity contribution in [3.05, 3.63) is 28.8 Å². The highest BCUT2D eigenvalue weighted by molar-refractivity contribution is 5.82. The number of fused-ring (bicyclic) bond motifs is 1. The van der Waals surface area contributed by atoms with Crippen molar-refractivity contribution in [2.75, 3.05) is 27.2 Å². The van der Waals surface area contributed by atoms with Gasteiger partial charge in [-0.2, -0.15) is 0 Å². The number of carbonyl (C=O) groups excluding carboxylic acids is 1. The van der Waals surface area contributed by atoms with Crippen molar-refractivity contribution in [3.8, 4) is 5.75 Å². The Labute approximate surface area is 114 Å². The third kappa shape index (κ3) is 2.89. The number of aryl methyl sites for hydroxylation is 2. The van der Waals surface area contributed by atoms with Crippen LogP contribution in [0.15, 0.2) is 12.1 Å². The SMILES string of the molecule is CNCCN(C)C(=O)C1Cc2cc(C)c(C)cc2O1. The molecule has 1 heterocycles. The molecule has 1 aromatic carbocycles. The lowest BCUT2D eigenvalue weighted by Gasteiger charge is -2.20. The fourth-order valence-corrected chi connectivity index (χ4v) is 2.29. The zero-order valence-electron chi connectivity index (χ0n) is 12.1. The van der Waals surface area contributed by atoms with Crippen molar-refractivity contribution in [3.63, 3.8) is 0 Å². The summed E-state index contributed by atoms with van der Waals surface area (Å²) in [5.41, 5.74) is 3.60. The number of benzene rings is 1. The number of rotatable bonds is 4. The molecule has 1 amide bonds. The van der Waals surface area contributed by atoms with Gasteiger partial charge in [0.15, 0.2) is 6.10 Å². The fourth-order valence-electron chi connectivity index (χ4n) is 2.29. The van der Waals surface area contributed by atoms with Crippen molar-refractivity contribution in [1.29, 1.82) is 0 Å². The van der Waals surface area contributed by atoms with Gasteiger partial charge < -0.3 is 15.0 Å². The van der Waals surface area contributed by atoms with E-state index in [2.05, 4.69) is 25.2 Å². The number of hydrogen-bond donors (Lipinski definition) is 1. The van der Waals surface area contributed by atoms with E-state index in [1.165, 1.54) is 11.1 Å². The average Bonchev–Trinajstić information content (AvgIpc) is 2.78. The van der Waals surface area contributed by atoms with Crippen LogP contribution in [0.25, 0.3) is 0 Å². The van der Waals surface area contributed by atoms with Crippen LogP contribution in [-0.2, 0) is 11.2 Å². The summed E-state index contributed by atoms with van der Waals surface area (Å²) in [6.07, 6.45) is 0.317. The van der Waals surface area contributed by atoms with E-state index in [-0.39, 0.29) is 12.0 Å². The molecule has 0 radical (unpaired) electrons. The Morgan fingerprint density at radius 1 is 1.42 bits per heavy atom. The number of likely N-dealkylation sites (N-methyl/N-ethyl adjacent to an activating group) is 2. The van der Waals surface area contributed by atoms with Crippen molar-refractivity contribution >= 4 is 5.91 Å². The predicted octanol–water partition coefficient (Wildman–Crippen LogP) is 1.28. The maximum atomic E-state index is 12.3. The molecule has 0 aromatic heterocycles. The Kier molecular flexibility index (Phi) is 4.10. The van der Waals surface area contributed by atoms with Crippen LogP contribution in [0, 0.1) is 13.8 Å². The minimum absolute atomic E-state index is 0.0572. The fraction of sp³-hybridized carbons (Fsp3) is 0.533. The lowest BCUT2D eigenvalue weighted by atomic mass is 10.0. The molecule has 0 saturated carbocycles. The van der Waals surface area contributed by atoms with Crippen LogP contribution in [0.1, 0.15) is 16.7 Å². The highest BCUT2D eigenvalue weighted by Gasteiger charge is 2.31. The Hall–Kier alpha value is -1.55. The summed E-state index contributed by atoms with van der Waals surface area (Å²) in [7, 11) is 3.70. The van der Waals surface area contributed by atoms with Crippen LogP contribution in [-0.4, -0.2) is 44.1 Å². The first-order valence-corrected chi connectivity index (χ1v) is 6.69. The molecule has 1 N–H and O–H groups in total. The van der Waals surface area contributed by atoms with Gasteiger partial charge in [0.2, 0.25) is 0 Å². The van der Waals surface area contributed by atoms with Gasteiger partial charge in [0, 0.05) is 26.6 Å². The summed E-state index contributed by atoms with van der Waals surface area (Å²) in [6.45, 7) is 5.64. The molecule has 2 rings (SSSR count). The highest BCUT2D eigenvalue weighted by atomic mass is 16.5. The molecule has 19 heavy (non-hydrogen) atoms. The number of amides is 1. The van der Waals surface area contributed by atoms with Crippen molar-refractivity contribution in [2.45, 2.75) is 26.4 Å². The molecule has 0 fully saturated rings. The molecule has 4 nitrogen and oxygen atoms in total. The molecule has 4 heteroatoms. The normalized spacial score (nSPS) is 16.9. The van der Waals surface area contributed by atoms with Crippen LogP contribution < -0.4 is 10.1 Å². The van der Waals surface area contributed by atoms with E-state index in [1.54, 1.807) is 4.90 Å². The van der Waals surface area contributed by atoms with Crippen molar-refractivity contribution in [1.82, 2.24) is 10.2 Å². The molecule has 1 aliphatic heterocycles. The molecule has 1 unspecified atom stereocenters. The van der Waals surface area contributed by atoms with Crippen LogP contribution in [0.5, 0.6) is 5.75 Å². The smallest absolute Gasteiger partial charge is 0.263 e. The van der Waals surface area contributed by atoms with E-state index in [0.717, 1.165) is 17.9 Å². The number of carbonyl (C=O) groups is 1. The van der Waals surface area contributed by atoms with Gasteiger partial charge in [-0.1, -0.05) is 6.07 Å². The van der Waals surface area contributed by atoms with Gasteiger partial charge in [-0.3, -0.25) is 4.79 Å². The summed E-state index contributed by atoms with van der Waals surface area (Å²) in [6, 6.07) is 4.16. The third-order valence-electron chi connectivity index (χ3n) is 3.70. The molecular formula is C15H22N2O2. The quantitative estimate of drug-likeness (QED) is 0.889. The lowest BCUT2D eigenvalue weighted by Crippen LogP contribution is -2.41. The minimum Gasteiger partial charge on any atom is -0.480 e. The Balaban J connectivity index is 2.05. The standard InChI is InChI=1S/C15H22N2O2/c1-10-7-12-9-14(19-13(12)8-11(10)2)15(18)17(4)6-5-16-3/h7-8,14,16H,5-6,9H2,1-4H3. The van der Waals surface area contributed by atoms with Crippen LogP contribution in [0.2, 0.25) is 0 Å². The van der Waals surface area contributed by atoms with Gasteiger partial charge in [-0.15, -0.1) is 0 Å².